The van der Waals surface area contributed by atoms with Gasteiger partial charge in [-0.1, -0.05) is 43.7 Å². The van der Waals surface area contributed by atoms with Crippen molar-refractivity contribution < 1.29 is 0 Å². The quantitative estimate of drug-likeness (QED) is 0.733. The van der Waals surface area contributed by atoms with E-state index in [-0.39, 0.29) is 0 Å². The van der Waals surface area contributed by atoms with Gasteiger partial charge in [0, 0.05) is 32.4 Å². The normalized spacial score (nSPS) is 10.8. The molecule has 0 bridgehead atoms. The maximum Gasteiger partial charge on any atom is 0.227 e. The summed E-state index contributed by atoms with van der Waals surface area (Å²) >= 11 is 0. The molecule has 1 aromatic carbocycles. The third kappa shape index (κ3) is 4.95. The van der Waals surface area contributed by atoms with Gasteiger partial charge in [0.1, 0.15) is 5.82 Å². The topological polar surface area (TPSA) is 32.3 Å². The first-order valence-electron chi connectivity index (χ1n) is 8.46. The first-order chi connectivity index (χ1) is 11.1. The number of anilines is 2. The number of aromatic nitrogens is 2. The van der Waals surface area contributed by atoms with Crippen LogP contribution >= 0.6 is 0 Å². The van der Waals surface area contributed by atoms with Gasteiger partial charge in [-0.3, -0.25) is 0 Å². The van der Waals surface area contributed by atoms with Crippen molar-refractivity contribution in [3.05, 3.63) is 48.2 Å². The second-order valence-electron chi connectivity index (χ2n) is 6.20. The predicted octanol–water partition coefficient (Wildman–Crippen LogP) is 4.13. The van der Waals surface area contributed by atoms with Crippen LogP contribution < -0.4 is 9.80 Å². The molecule has 0 fully saturated rings. The molecular formula is C19H28N4. The fraction of sp³-hybridized carbons (Fsp3) is 0.474. The SMILES string of the molecule is CCCCN(C)c1ccnc(N(Cc2ccccc2)C(C)C)n1. The standard InChI is InChI=1S/C19H28N4/c1-5-6-14-22(4)18-12-13-20-19(21-18)23(16(2)3)15-17-10-8-7-9-11-17/h7-13,16H,5-6,14-15H2,1-4H3. The number of rotatable bonds is 8. The van der Waals surface area contributed by atoms with Gasteiger partial charge in [0.2, 0.25) is 5.95 Å². The van der Waals surface area contributed by atoms with E-state index in [1.54, 1.807) is 0 Å². The third-order valence-corrected chi connectivity index (χ3v) is 3.94. The number of nitrogens with zero attached hydrogens (tertiary/aromatic N) is 4. The smallest absolute Gasteiger partial charge is 0.227 e. The summed E-state index contributed by atoms with van der Waals surface area (Å²) in [7, 11) is 2.10. The largest absolute Gasteiger partial charge is 0.360 e. The van der Waals surface area contributed by atoms with Gasteiger partial charge < -0.3 is 9.80 Å². The van der Waals surface area contributed by atoms with Gasteiger partial charge in [-0.05, 0) is 31.9 Å². The van der Waals surface area contributed by atoms with Gasteiger partial charge in [-0.25, -0.2) is 4.98 Å². The van der Waals surface area contributed by atoms with Crippen molar-refractivity contribution in [1.29, 1.82) is 0 Å². The summed E-state index contributed by atoms with van der Waals surface area (Å²) in [6.07, 6.45) is 4.22. The molecule has 124 valence electrons. The van der Waals surface area contributed by atoms with Crippen molar-refractivity contribution >= 4 is 11.8 Å². The maximum absolute atomic E-state index is 4.78. The van der Waals surface area contributed by atoms with E-state index in [2.05, 4.69) is 66.9 Å². The fourth-order valence-corrected chi connectivity index (χ4v) is 2.46. The highest BCUT2D eigenvalue weighted by molar-refractivity contribution is 5.44. The van der Waals surface area contributed by atoms with Crippen LogP contribution in [-0.4, -0.2) is 29.6 Å². The molecule has 0 spiro atoms. The summed E-state index contributed by atoms with van der Waals surface area (Å²) in [6, 6.07) is 12.8. The molecule has 0 amide bonds. The van der Waals surface area contributed by atoms with Crippen molar-refractivity contribution in [2.24, 2.45) is 0 Å². The van der Waals surface area contributed by atoms with Gasteiger partial charge in [0.25, 0.3) is 0 Å². The van der Waals surface area contributed by atoms with E-state index >= 15 is 0 Å². The third-order valence-electron chi connectivity index (χ3n) is 3.94. The molecule has 4 heteroatoms. The average Bonchev–Trinajstić information content (AvgIpc) is 2.58. The van der Waals surface area contributed by atoms with Crippen LogP contribution in [0.5, 0.6) is 0 Å². The lowest BCUT2D eigenvalue weighted by molar-refractivity contribution is 0.658. The summed E-state index contributed by atoms with van der Waals surface area (Å²) < 4.78 is 0. The second-order valence-corrected chi connectivity index (χ2v) is 6.20. The van der Waals surface area contributed by atoms with Gasteiger partial charge >= 0.3 is 0 Å². The van der Waals surface area contributed by atoms with Crippen LogP contribution in [0, 0.1) is 0 Å². The Balaban J connectivity index is 2.19. The molecule has 1 aromatic heterocycles. The molecule has 0 saturated heterocycles. The average molecular weight is 312 g/mol. The lowest BCUT2D eigenvalue weighted by Crippen LogP contribution is -2.32. The van der Waals surface area contributed by atoms with E-state index < -0.39 is 0 Å². The van der Waals surface area contributed by atoms with E-state index in [1.165, 1.54) is 18.4 Å². The first-order valence-corrected chi connectivity index (χ1v) is 8.46. The first kappa shape index (κ1) is 17.3. The van der Waals surface area contributed by atoms with Gasteiger partial charge in [-0.2, -0.15) is 4.98 Å². The highest BCUT2D eigenvalue weighted by Gasteiger charge is 2.15. The van der Waals surface area contributed by atoms with E-state index in [4.69, 9.17) is 4.98 Å². The van der Waals surface area contributed by atoms with E-state index in [0.29, 0.717) is 6.04 Å². The lowest BCUT2D eigenvalue weighted by atomic mass is 10.2. The molecule has 0 N–H and O–H groups in total. The molecular weight excluding hydrogens is 284 g/mol. The Kier molecular flexibility index (Phi) is 6.39. The predicted molar refractivity (Wildman–Crippen MR) is 98.0 cm³/mol. The van der Waals surface area contributed by atoms with Crippen LogP contribution in [0.2, 0.25) is 0 Å². The lowest BCUT2D eigenvalue weighted by Gasteiger charge is -2.28. The van der Waals surface area contributed by atoms with Crippen molar-refractivity contribution in [3.8, 4) is 0 Å². The van der Waals surface area contributed by atoms with Crippen LogP contribution in [0.3, 0.4) is 0 Å². The Bertz CT molecular complexity index is 583. The summed E-state index contributed by atoms with van der Waals surface area (Å²) in [5, 5.41) is 0. The minimum Gasteiger partial charge on any atom is -0.360 e. The van der Waals surface area contributed by atoms with Crippen LogP contribution in [0.15, 0.2) is 42.6 Å². The highest BCUT2D eigenvalue weighted by Crippen LogP contribution is 2.19. The molecule has 4 nitrogen and oxygen atoms in total. The molecule has 0 unspecified atom stereocenters. The van der Waals surface area contributed by atoms with E-state index in [9.17, 15) is 0 Å². The van der Waals surface area contributed by atoms with Gasteiger partial charge in [0.15, 0.2) is 0 Å². The van der Waals surface area contributed by atoms with Gasteiger partial charge in [-0.15, -0.1) is 0 Å². The van der Waals surface area contributed by atoms with Crippen molar-refractivity contribution in [1.82, 2.24) is 9.97 Å². The fourth-order valence-electron chi connectivity index (χ4n) is 2.46. The summed E-state index contributed by atoms with van der Waals surface area (Å²) in [5.74, 6) is 1.78. The van der Waals surface area contributed by atoms with Crippen LogP contribution in [0.25, 0.3) is 0 Å². The highest BCUT2D eigenvalue weighted by atomic mass is 15.3. The Morgan fingerprint density at radius 3 is 2.48 bits per heavy atom. The summed E-state index contributed by atoms with van der Waals surface area (Å²) in [5.41, 5.74) is 1.27. The zero-order valence-corrected chi connectivity index (χ0v) is 14.7. The summed E-state index contributed by atoms with van der Waals surface area (Å²) in [6.45, 7) is 8.41. The van der Waals surface area contributed by atoms with Crippen LogP contribution in [0.4, 0.5) is 11.8 Å². The van der Waals surface area contributed by atoms with E-state index in [1.807, 2.05) is 18.3 Å². The Labute approximate surface area is 140 Å². The molecule has 0 aliphatic rings. The maximum atomic E-state index is 4.78. The molecule has 0 atom stereocenters. The molecule has 0 aliphatic heterocycles. The van der Waals surface area contributed by atoms with Crippen molar-refractivity contribution in [2.45, 2.75) is 46.2 Å². The summed E-state index contributed by atoms with van der Waals surface area (Å²) in [4.78, 5) is 13.7. The number of hydrogen-bond donors (Lipinski definition) is 0. The minimum atomic E-state index is 0.339. The molecule has 0 radical (unpaired) electrons. The van der Waals surface area contributed by atoms with Crippen molar-refractivity contribution in [3.63, 3.8) is 0 Å². The molecule has 2 rings (SSSR count). The van der Waals surface area contributed by atoms with Crippen molar-refractivity contribution in [2.75, 3.05) is 23.4 Å². The number of hydrogen-bond acceptors (Lipinski definition) is 4. The minimum absolute atomic E-state index is 0.339. The molecule has 23 heavy (non-hydrogen) atoms. The molecule has 0 aliphatic carbocycles. The zero-order valence-electron chi connectivity index (χ0n) is 14.7. The number of benzene rings is 1. The van der Waals surface area contributed by atoms with E-state index in [0.717, 1.165) is 24.9 Å². The zero-order chi connectivity index (χ0) is 16.7. The Morgan fingerprint density at radius 2 is 1.83 bits per heavy atom. The molecule has 2 aromatic rings. The Hall–Kier alpha value is -2.10. The second kappa shape index (κ2) is 8.51. The monoisotopic (exact) mass is 312 g/mol. The molecule has 0 saturated carbocycles. The number of unbranched alkanes of at least 4 members (excludes halogenated alkanes) is 1. The van der Waals surface area contributed by atoms with Crippen LogP contribution in [0.1, 0.15) is 39.2 Å². The van der Waals surface area contributed by atoms with Gasteiger partial charge in [0.05, 0.1) is 0 Å². The Morgan fingerprint density at radius 1 is 1.09 bits per heavy atom. The van der Waals surface area contributed by atoms with Crippen LogP contribution in [-0.2, 0) is 6.54 Å². The molecule has 1 heterocycles.